The zero-order valence-corrected chi connectivity index (χ0v) is 14.7. The molecule has 8 heteroatoms. The lowest BCUT2D eigenvalue weighted by molar-refractivity contribution is -0.131. The van der Waals surface area contributed by atoms with E-state index in [1.54, 1.807) is 42.5 Å². The molecule has 1 unspecified atom stereocenters. The SMILES string of the molecule is CC(NS(=O)(=O)c1ccccc1)C(=O)Nc1ccc(/C=C/C(=O)O)cc1. The Balaban J connectivity index is 2.00. The number of aliphatic carboxylic acids is 1. The molecule has 0 bridgehead atoms. The largest absolute Gasteiger partial charge is 0.478 e. The number of nitrogens with one attached hydrogen (secondary N) is 2. The summed E-state index contributed by atoms with van der Waals surface area (Å²) < 4.78 is 26.8. The fourth-order valence-corrected chi connectivity index (χ4v) is 3.27. The van der Waals surface area contributed by atoms with Crippen LogP contribution >= 0.6 is 0 Å². The maximum atomic E-state index is 12.2. The fraction of sp³-hybridized carbons (Fsp3) is 0.111. The molecule has 1 amide bonds. The van der Waals surface area contributed by atoms with Crippen molar-refractivity contribution in [2.45, 2.75) is 17.9 Å². The number of anilines is 1. The van der Waals surface area contributed by atoms with Crippen molar-refractivity contribution in [1.29, 1.82) is 0 Å². The Morgan fingerprint density at radius 2 is 1.65 bits per heavy atom. The number of carboxylic acids is 1. The topological polar surface area (TPSA) is 113 Å². The summed E-state index contributed by atoms with van der Waals surface area (Å²) in [6.45, 7) is 1.44. The van der Waals surface area contributed by atoms with Gasteiger partial charge in [0.15, 0.2) is 0 Å². The number of benzene rings is 2. The van der Waals surface area contributed by atoms with Crippen LogP contribution < -0.4 is 10.0 Å². The first kappa shape index (κ1) is 19.4. The molecule has 0 aliphatic rings. The Bertz CT molecular complexity index is 906. The molecule has 136 valence electrons. The van der Waals surface area contributed by atoms with E-state index in [1.165, 1.54) is 25.1 Å². The van der Waals surface area contributed by atoms with Crippen LogP contribution in [-0.2, 0) is 19.6 Å². The van der Waals surface area contributed by atoms with Gasteiger partial charge in [-0.1, -0.05) is 30.3 Å². The van der Waals surface area contributed by atoms with Crippen LogP contribution in [0, 0.1) is 0 Å². The van der Waals surface area contributed by atoms with Crippen molar-refractivity contribution in [2.75, 3.05) is 5.32 Å². The van der Waals surface area contributed by atoms with Gasteiger partial charge < -0.3 is 10.4 Å². The van der Waals surface area contributed by atoms with Gasteiger partial charge in [0.2, 0.25) is 15.9 Å². The van der Waals surface area contributed by atoms with E-state index in [0.29, 0.717) is 11.3 Å². The summed E-state index contributed by atoms with van der Waals surface area (Å²) in [5.41, 5.74) is 1.12. The third-order valence-corrected chi connectivity index (χ3v) is 4.93. The highest BCUT2D eigenvalue weighted by Crippen LogP contribution is 2.12. The minimum Gasteiger partial charge on any atom is -0.478 e. The van der Waals surface area contributed by atoms with Crippen LogP contribution in [0.4, 0.5) is 5.69 Å². The summed E-state index contributed by atoms with van der Waals surface area (Å²) >= 11 is 0. The second-order valence-electron chi connectivity index (χ2n) is 5.44. The van der Waals surface area contributed by atoms with Crippen molar-refractivity contribution in [3.05, 3.63) is 66.2 Å². The number of amides is 1. The summed E-state index contributed by atoms with van der Waals surface area (Å²) in [6, 6.07) is 13.3. The number of carbonyl (C=O) groups is 2. The van der Waals surface area contributed by atoms with Gasteiger partial charge in [-0.2, -0.15) is 4.72 Å². The Kier molecular flexibility index (Phi) is 6.26. The van der Waals surface area contributed by atoms with Crippen molar-refractivity contribution >= 4 is 33.7 Å². The molecule has 0 heterocycles. The number of rotatable bonds is 7. The molecule has 0 saturated carbocycles. The van der Waals surface area contributed by atoms with Crippen molar-refractivity contribution < 1.29 is 23.1 Å². The molecule has 26 heavy (non-hydrogen) atoms. The Hall–Kier alpha value is -2.97. The van der Waals surface area contributed by atoms with E-state index in [9.17, 15) is 18.0 Å². The van der Waals surface area contributed by atoms with E-state index in [4.69, 9.17) is 5.11 Å². The van der Waals surface area contributed by atoms with Gasteiger partial charge >= 0.3 is 5.97 Å². The molecule has 0 radical (unpaired) electrons. The van der Waals surface area contributed by atoms with Crippen LogP contribution in [0.5, 0.6) is 0 Å². The average molecular weight is 374 g/mol. The lowest BCUT2D eigenvalue weighted by Crippen LogP contribution is -2.41. The molecule has 0 aliphatic heterocycles. The maximum Gasteiger partial charge on any atom is 0.328 e. The summed E-state index contributed by atoms with van der Waals surface area (Å²) in [5.74, 6) is -1.57. The molecule has 3 N–H and O–H groups in total. The van der Waals surface area contributed by atoms with E-state index in [0.717, 1.165) is 6.08 Å². The Labute approximate surface area is 151 Å². The third kappa shape index (κ3) is 5.54. The Morgan fingerprint density at radius 3 is 2.23 bits per heavy atom. The lowest BCUT2D eigenvalue weighted by Gasteiger charge is -2.14. The molecule has 0 saturated heterocycles. The van der Waals surface area contributed by atoms with Crippen LogP contribution in [0.25, 0.3) is 6.08 Å². The van der Waals surface area contributed by atoms with Crippen molar-refractivity contribution in [3.63, 3.8) is 0 Å². The standard InChI is InChI=1S/C18H18N2O5S/c1-13(20-26(24,25)16-5-3-2-4-6-16)18(23)19-15-10-7-14(8-11-15)9-12-17(21)22/h2-13,20H,1H3,(H,19,23)(H,21,22)/b12-9+. The Morgan fingerprint density at radius 1 is 1.04 bits per heavy atom. The van der Waals surface area contributed by atoms with Gasteiger partial charge in [-0.25, -0.2) is 13.2 Å². The molecule has 0 aliphatic carbocycles. The highest BCUT2D eigenvalue weighted by Gasteiger charge is 2.21. The number of carbonyl (C=O) groups excluding carboxylic acids is 1. The average Bonchev–Trinajstić information content (AvgIpc) is 2.61. The zero-order valence-electron chi connectivity index (χ0n) is 13.9. The molecule has 1 atom stereocenters. The van der Waals surface area contributed by atoms with Gasteiger partial charge in [0.1, 0.15) is 0 Å². The molecule has 0 aromatic heterocycles. The number of sulfonamides is 1. The number of hydrogen-bond donors (Lipinski definition) is 3. The van der Waals surface area contributed by atoms with Gasteiger partial charge in [-0.15, -0.1) is 0 Å². The van der Waals surface area contributed by atoms with Crippen LogP contribution in [-0.4, -0.2) is 31.4 Å². The van der Waals surface area contributed by atoms with Gasteiger partial charge in [0, 0.05) is 11.8 Å². The monoisotopic (exact) mass is 374 g/mol. The minimum absolute atomic E-state index is 0.0780. The normalized spacial score (nSPS) is 12.7. The zero-order chi connectivity index (χ0) is 19.2. The maximum absolute atomic E-state index is 12.2. The molecular weight excluding hydrogens is 356 g/mol. The second-order valence-corrected chi connectivity index (χ2v) is 7.15. The van der Waals surface area contributed by atoms with E-state index in [2.05, 4.69) is 10.0 Å². The van der Waals surface area contributed by atoms with Crippen molar-refractivity contribution in [2.24, 2.45) is 0 Å². The van der Waals surface area contributed by atoms with Gasteiger partial charge in [-0.3, -0.25) is 4.79 Å². The first-order chi connectivity index (χ1) is 12.3. The first-order valence-corrected chi connectivity index (χ1v) is 9.15. The van der Waals surface area contributed by atoms with E-state index < -0.39 is 27.9 Å². The molecule has 2 aromatic carbocycles. The minimum atomic E-state index is -3.79. The molecule has 0 fully saturated rings. The van der Waals surface area contributed by atoms with E-state index in [1.807, 2.05) is 0 Å². The predicted octanol–water partition coefficient (Wildman–Crippen LogP) is 2.09. The van der Waals surface area contributed by atoms with Crippen molar-refractivity contribution in [3.8, 4) is 0 Å². The first-order valence-electron chi connectivity index (χ1n) is 7.67. The van der Waals surface area contributed by atoms with Crippen LogP contribution in [0.15, 0.2) is 65.6 Å². The highest BCUT2D eigenvalue weighted by molar-refractivity contribution is 7.89. The van der Waals surface area contributed by atoms with Crippen LogP contribution in [0.2, 0.25) is 0 Å². The molecule has 2 aromatic rings. The van der Waals surface area contributed by atoms with Crippen molar-refractivity contribution in [1.82, 2.24) is 4.72 Å². The van der Waals surface area contributed by atoms with E-state index >= 15 is 0 Å². The highest BCUT2D eigenvalue weighted by atomic mass is 32.2. The van der Waals surface area contributed by atoms with Crippen LogP contribution in [0.3, 0.4) is 0 Å². The van der Waals surface area contributed by atoms with Gasteiger partial charge in [0.25, 0.3) is 0 Å². The third-order valence-electron chi connectivity index (χ3n) is 3.38. The van der Waals surface area contributed by atoms with E-state index in [-0.39, 0.29) is 4.90 Å². The number of hydrogen-bond acceptors (Lipinski definition) is 4. The summed E-state index contributed by atoms with van der Waals surface area (Å²) in [5, 5.41) is 11.2. The molecule has 0 spiro atoms. The van der Waals surface area contributed by atoms with Crippen LogP contribution in [0.1, 0.15) is 12.5 Å². The molecule has 7 nitrogen and oxygen atoms in total. The predicted molar refractivity (Wildman–Crippen MR) is 98.0 cm³/mol. The quantitative estimate of drug-likeness (QED) is 0.643. The second kappa shape index (κ2) is 8.41. The van der Waals surface area contributed by atoms with Gasteiger partial charge in [-0.05, 0) is 42.8 Å². The smallest absolute Gasteiger partial charge is 0.328 e. The summed E-state index contributed by atoms with van der Waals surface area (Å²) in [7, 11) is -3.79. The molecular formula is C18H18N2O5S. The number of carboxylic acid groups (broad SMARTS) is 1. The summed E-state index contributed by atoms with van der Waals surface area (Å²) in [4.78, 5) is 22.7. The summed E-state index contributed by atoms with van der Waals surface area (Å²) in [6.07, 6.45) is 2.43. The fourth-order valence-electron chi connectivity index (χ4n) is 2.05. The molecule has 2 rings (SSSR count). The lowest BCUT2D eigenvalue weighted by atomic mass is 10.2. The van der Waals surface area contributed by atoms with Gasteiger partial charge in [0.05, 0.1) is 10.9 Å².